The fraction of sp³-hybridized carbons (Fsp3) is 0.481. The van der Waals surface area contributed by atoms with Crippen LogP contribution in [0.4, 0.5) is 18.9 Å². The lowest BCUT2D eigenvalue weighted by molar-refractivity contribution is -0.138. The number of benzene rings is 2. The van der Waals surface area contributed by atoms with E-state index in [0.29, 0.717) is 38.4 Å². The predicted molar refractivity (Wildman–Crippen MR) is 134 cm³/mol. The maximum absolute atomic E-state index is 13.4. The lowest BCUT2D eigenvalue weighted by Gasteiger charge is -2.39. The number of carbonyl (C=O) groups is 1. The lowest BCUT2D eigenvalue weighted by Crippen LogP contribution is -2.52. The predicted octanol–water partition coefficient (Wildman–Crippen LogP) is 4.64. The number of piperidine rings is 1. The lowest BCUT2D eigenvalue weighted by atomic mass is 9.96. The topological polar surface area (TPSA) is 44.6 Å². The van der Waals surface area contributed by atoms with Crippen molar-refractivity contribution in [2.75, 3.05) is 44.2 Å². The highest BCUT2D eigenvalue weighted by molar-refractivity contribution is 5.79. The Kier molecular flexibility index (Phi) is 6.92. The van der Waals surface area contributed by atoms with Crippen molar-refractivity contribution in [2.45, 2.75) is 39.0 Å². The maximum atomic E-state index is 13.4. The van der Waals surface area contributed by atoms with Crippen molar-refractivity contribution < 1.29 is 18.0 Å². The van der Waals surface area contributed by atoms with Gasteiger partial charge in [0.15, 0.2) is 0 Å². The number of anilines is 1. The molecule has 3 heterocycles. The van der Waals surface area contributed by atoms with Crippen LogP contribution >= 0.6 is 0 Å². The minimum Gasteiger partial charge on any atom is -0.368 e. The summed E-state index contributed by atoms with van der Waals surface area (Å²) < 4.78 is 41.5. The van der Waals surface area contributed by atoms with Gasteiger partial charge in [0.1, 0.15) is 5.82 Å². The Bertz CT molecular complexity index is 1220. The second-order valence-electron chi connectivity index (χ2n) is 9.70. The summed E-state index contributed by atoms with van der Waals surface area (Å²) in [7, 11) is 0. The summed E-state index contributed by atoms with van der Waals surface area (Å²) in [5.41, 5.74) is 2.05. The van der Waals surface area contributed by atoms with Gasteiger partial charge in [-0.25, -0.2) is 4.98 Å². The average molecular weight is 500 g/mol. The number of aromatic nitrogens is 2. The van der Waals surface area contributed by atoms with E-state index in [-0.39, 0.29) is 11.8 Å². The van der Waals surface area contributed by atoms with Gasteiger partial charge in [0.25, 0.3) is 0 Å². The Morgan fingerprint density at radius 1 is 1.03 bits per heavy atom. The number of amides is 1. The fourth-order valence-electron chi connectivity index (χ4n) is 5.52. The molecule has 0 N–H and O–H groups in total. The van der Waals surface area contributed by atoms with E-state index >= 15 is 0 Å². The monoisotopic (exact) mass is 499 g/mol. The summed E-state index contributed by atoms with van der Waals surface area (Å²) in [4.78, 5) is 24.4. The molecule has 2 saturated heterocycles. The van der Waals surface area contributed by atoms with Crippen molar-refractivity contribution in [3.63, 3.8) is 0 Å². The first kappa shape index (κ1) is 24.6. The van der Waals surface area contributed by atoms with Gasteiger partial charge in [0.05, 0.1) is 29.1 Å². The average Bonchev–Trinajstić information content (AvgIpc) is 3.25. The third-order valence-corrected chi connectivity index (χ3v) is 7.40. The zero-order chi connectivity index (χ0) is 25.3. The summed E-state index contributed by atoms with van der Waals surface area (Å²) in [5, 5.41) is 0. The van der Waals surface area contributed by atoms with E-state index in [1.807, 2.05) is 28.0 Å². The standard InChI is InChI=1S/C27H32F3N5O/c1-2-35-24-11-4-3-10-23(24)31-25(35)19-32-12-6-7-20(18-32)26(36)34-15-13-33(14-16-34)22-9-5-8-21(17-22)27(28,29)30/h3-5,8-11,17,20H,2,6-7,12-16,18-19H2,1H3/t20-/m0/s1. The van der Waals surface area contributed by atoms with Crippen molar-refractivity contribution in [3.05, 3.63) is 59.9 Å². The fourth-order valence-corrected chi connectivity index (χ4v) is 5.52. The first-order valence-electron chi connectivity index (χ1n) is 12.7. The molecule has 0 aliphatic carbocycles. The van der Waals surface area contributed by atoms with Gasteiger partial charge in [-0.15, -0.1) is 0 Å². The van der Waals surface area contributed by atoms with E-state index < -0.39 is 11.7 Å². The molecule has 0 bridgehead atoms. The van der Waals surface area contributed by atoms with Gasteiger partial charge in [-0.05, 0) is 56.6 Å². The highest BCUT2D eigenvalue weighted by atomic mass is 19.4. The highest BCUT2D eigenvalue weighted by Crippen LogP contribution is 2.32. The Balaban J connectivity index is 1.19. The first-order chi connectivity index (χ1) is 17.3. The van der Waals surface area contributed by atoms with Crippen molar-refractivity contribution in [3.8, 4) is 0 Å². The molecule has 36 heavy (non-hydrogen) atoms. The van der Waals surface area contributed by atoms with Gasteiger partial charge in [-0.1, -0.05) is 18.2 Å². The van der Waals surface area contributed by atoms with E-state index in [4.69, 9.17) is 4.98 Å². The largest absolute Gasteiger partial charge is 0.416 e. The molecule has 9 heteroatoms. The number of fused-ring (bicyclic) bond motifs is 1. The SMILES string of the molecule is CCn1c(CN2CCC[C@H](C(=O)N3CCN(c4cccc(C(F)(F)F)c4)CC3)C2)nc2ccccc21. The summed E-state index contributed by atoms with van der Waals surface area (Å²) in [5.74, 6) is 1.13. The van der Waals surface area contributed by atoms with Crippen LogP contribution in [0.25, 0.3) is 11.0 Å². The number of halogens is 3. The molecule has 192 valence electrons. The Morgan fingerprint density at radius 2 is 1.81 bits per heavy atom. The summed E-state index contributed by atoms with van der Waals surface area (Å²) >= 11 is 0. The molecule has 0 radical (unpaired) electrons. The van der Waals surface area contributed by atoms with Crippen molar-refractivity contribution >= 4 is 22.6 Å². The van der Waals surface area contributed by atoms with Crippen LogP contribution in [0, 0.1) is 5.92 Å². The van der Waals surface area contributed by atoms with Gasteiger partial charge in [-0.3, -0.25) is 9.69 Å². The Labute approximate surface area is 209 Å². The summed E-state index contributed by atoms with van der Waals surface area (Å²) in [6.45, 7) is 7.46. The third-order valence-electron chi connectivity index (χ3n) is 7.40. The first-order valence-corrected chi connectivity index (χ1v) is 12.7. The number of carbonyl (C=O) groups excluding carboxylic acids is 1. The van der Waals surface area contributed by atoms with E-state index in [9.17, 15) is 18.0 Å². The Hall–Kier alpha value is -3.07. The maximum Gasteiger partial charge on any atom is 0.416 e. The molecule has 0 spiro atoms. The van der Waals surface area contributed by atoms with Crippen molar-refractivity contribution in [2.24, 2.45) is 5.92 Å². The van der Waals surface area contributed by atoms with E-state index in [0.717, 1.165) is 55.4 Å². The van der Waals surface area contributed by atoms with Crippen LogP contribution in [0.3, 0.4) is 0 Å². The van der Waals surface area contributed by atoms with Crippen LogP contribution < -0.4 is 4.90 Å². The molecule has 2 aromatic carbocycles. The van der Waals surface area contributed by atoms with Crippen LogP contribution in [0.5, 0.6) is 0 Å². The number of imidazole rings is 1. The number of rotatable bonds is 5. The number of alkyl halides is 3. The van der Waals surface area contributed by atoms with E-state index in [2.05, 4.69) is 22.5 Å². The van der Waals surface area contributed by atoms with Crippen LogP contribution in [-0.2, 0) is 24.1 Å². The minimum absolute atomic E-state index is 0.0571. The van der Waals surface area contributed by atoms with Crippen molar-refractivity contribution in [1.29, 1.82) is 0 Å². The van der Waals surface area contributed by atoms with Gasteiger partial charge in [0, 0.05) is 45.0 Å². The molecule has 2 aliphatic heterocycles. The van der Waals surface area contributed by atoms with Crippen LogP contribution in [0.15, 0.2) is 48.5 Å². The molecule has 0 unspecified atom stereocenters. The number of hydrogen-bond donors (Lipinski definition) is 0. The molecule has 0 saturated carbocycles. The van der Waals surface area contributed by atoms with Crippen molar-refractivity contribution in [1.82, 2.24) is 19.4 Å². The van der Waals surface area contributed by atoms with E-state index in [1.165, 1.54) is 12.1 Å². The number of aryl methyl sites for hydroxylation is 1. The Morgan fingerprint density at radius 3 is 2.56 bits per heavy atom. The second-order valence-corrected chi connectivity index (χ2v) is 9.70. The molecule has 2 aliphatic rings. The van der Waals surface area contributed by atoms with Gasteiger partial charge < -0.3 is 14.4 Å². The van der Waals surface area contributed by atoms with Gasteiger partial charge in [0.2, 0.25) is 5.91 Å². The molecule has 6 nitrogen and oxygen atoms in total. The molecular weight excluding hydrogens is 467 g/mol. The quantitative estimate of drug-likeness (QED) is 0.513. The molecule has 2 fully saturated rings. The molecule has 1 atom stereocenters. The number of hydrogen-bond acceptors (Lipinski definition) is 4. The number of piperazine rings is 1. The highest BCUT2D eigenvalue weighted by Gasteiger charge is 2.33. The molecular formula is C27H32F3N5O. The summed E-state index contributed by atoms with van der Waals surface area (Å²) in [6, 6.07) is 13.6. The zero-order valence-electron chi connectivity index (χ0n) is 20.5. The molecule has 5 rings (SSSR count). The van der Waals surface area contributed by atoms with Crippen LogP contribution in [0.1, 0.15) is 31.2 Å². The number of para-hydroxylation sites is 2. The minimum atomic E-state index is -4.36. The van der Waals surface area contributed by atoms with Crippen LogP contribution in [-0.4, -0.2) is 64.5 Å². The summed E-state index contributed by atoms with van der Waals surface area (Å²) in [6.07, 6.45) is -2.53. The van der Waals surface area contributed by atoms with Crippen LogP contribution in [0.2, 0.25) is 0 Å². The normalized spacial score (nSPS) is 19.7. The molecule has 3 aromatic rings. The number of likely N-dealkylation sites (tertiary alicyclic amines) is 1. The van der Waals surface area contributed by atoms with Gasteiger partial charge in [-0.2, -0.15) is 13.2 Å². The molecule has 1 amide bonds. The second kappa shape index (κ2) is 10.1. The number of nitrogens with zero attached hydrogens (tertiary/aromatic N) is 5. The van der Waals surface area contributed by atoms with Gasteiger partial charge >= 0.3 is 6.18 Å². The van der Waals surface area contributed by atoms with E-state index in [1.54, 1.807) is 6.07 Å². The molecule has 1 aromatic heterocycles. The smallest absolute Gasteiger partial charge is 0.368 e. The zero-order valence-corrected chi connectivity index (χ0v) is 20.5. The third kappa shape index (κ3) is 5.07.